The minimum absolute atomic E-state index is 0. The van der Waals surface area contributed by atoms with Gasteiger partial charge in [-0.3, -0.25) is 9.78 Å². The van der Waals surface area contributed by atoms with Gasteiger partial charge >= 0.3 is 0 Å². The van der Waals surface area contributed by atoms with Crippen LogP contribution in [0.2, 0.25) is 0 Å². The van der Waals surface area contributed by atoms with Crippen LogP contribution < -0.4 is 10.6 Å². The lowest BCUT2D eigenvalue weighted by molar-refractivity contribution is 0.0949. The van der Waals surface area contributed by atoms with Crippen LogP contribution in [-0.4, -0.2) is 24.0 Å². The Kier molecular flexibility index (Phi) is 7.32. The number of fused-ring (bicyclic) bond motifs is 1. The molecule has 1 amide bonds. The second-order valence-electron chi connectivity index (χ2n) is 4.90. The Bertz CT molecular complexity index is 607. The summed E-state index contributed by atoms with van der Waals surface area (Å²) in [6.45, 7) is 1.55. The number of halogens is 2. The fourth-order valence-corrected chi connectivity index (χ4v) is 2.58. The van der Waals surface area contributed by atoms with Gasteiger partial charge in [-0.2, -0.15) is 0 Å². The van der Waals surface area contributed by atoms with Crippen molar-refractivity contribution < 1.29 is 4.79 Å². The molecular weight excluding hydrogens is 321 g/mol. The van der Waals surface area contributed by atoms with Crippen LogP contribution in [0.5, 0.6) is 0 Å². The van der Waals surface area contributed by atoms with Gasteiger partial charge in [-0.25, -0.2) is 0 Å². The summed E-state index contributed by atoms with van der Waals surface area (Å²) in [6.07, 6.45) is 4.30. The molecule has 1 aromatic carbocycles. The molecule has 6 heteroatoms. The Labute approximate surface area is 142 Å². The van der Waals surface area contributed by atoms with Crippen LogP contribution in [-0.2, 0) is 6.42 Å². The highest BCUT2D eigenvalue weighted by Crippen LogP contribution is 2.21. The third kappa shape index (κ3) is 4.19. The molecule has 0 radical (unpaired) electrons. The number of hydrogen-bond acceptors (Lipinski definition) is 3. The predicted octanol–water partition coefficient (Wildman–Crippen LogP) is 2.54. The van der Waals surface area contributed by atoms with E-state index in [1.807, 2.05) is 6.07 Å². The quantitative estimate of drug-likeness (QED) is 0.903. The molecule has 2 heterocycles. The lowest BCUT2D eigenvalue weighted by Gasteiger charge is -2.27. The molecular formula is C16H19Cl2N3O. The molecule has 4 nitrogen and oxygen atoms in total. The van der Waals surface area contributed by atoms with Gasteiger partial charge in [-0.15, -0.1) is 24.8 Å². The standard InChI is InChI=1S/C16H17N3O.2ClH/c20-16(13-5-8-17-9-6-13)19-11-15-14-4-2-1-3-12(14)7-10-18-15;;/h1-6,8-9,15,18H,7,10-11H2,(H,19,20);2*1H. The smallest absolute Gasteiger partial charge is 0.251 e. The van der Waals surface area contributed by atoms with E-state index in [0.717, 1.165) is 13.0 Å². The number of amides is 1. The summed E-state index contributed by atoms with van der Waals surface area (Å²) < 4.78 is 0. The molecule has 0 saturated heterocycles. The van der Waals surface area contributed by atoms with E-state index in [0.29, 0.717) is 12.1 Å². The zero-order valence-electron chi connectivity index (χ0n) is 12.0. The van der Waals surface area contributed by atoms with Crippen LogP contribution in [0.4, 0.5) is 0 Å². The molecule has 0 saturated carbocycles. The Morgan fingerprint density at radius 1 is 1.18 bits per heavy atom. The lowest BCUT2D eigenvalue weighted by atomic mass is 9.94. The average molecular weight is 340 g/mol. The number of aromatic nitrogens is 1. The summed E-state index contributed by atoms with van der Waals surface area (Å²) in [5, 5.41) is 6.44. The first-order valence-electron chi connectivity index (χ1n) is 6.84. The number of benzene rings is 1. The molecule has 0 fully saturated rings. The third-order valence-electron chi connectivity index (χ3n) is 3.62. The third-order valence-corrected chi connectivity index (χ3v) is 3.62. The van der Waals surface area contributed by atoms with Gasteiger partial charge in [0.25, 0.3) is 5.91 Å². The first-order valence-corrected chi connectivity index (χ1v) is 6.84. The SMILES string of the molecule is Cl.Cl.O=C(NCC1NCCc2ccccc21)c1ccncc1. The first kappa shape index (κ1) is 18.4. The topological polar surface area (TPSA) is 54.0 Å². The highest BCUT2D eigenvalue weighted by atomic mass is 35.5. The molecule has 1 aliphatic rings. The highest BCUT2D eigenvalue weighted by Gasteiger charge is 2.19. The van der Waals surface area contributed by atoms with E-state index in [-0.39, 0.29) is 36.8 Å². The zero-order valence-corrected chi connectivity index (χ0v) is 13.6. The molecule has 2 aromatic rings. The minimum Gasteiger partial charge on any atom is -0.350 e. The number of nitrogens with one attached hydrogen (secondary N) is 2. The van der Waals surface area contributed by atoms with Crippen molar-refractivity contribution in [2.24, 2.45) is 0 Å². The van der Waals surface area contributed by atoms with Gasteiger partial charge < -0.3 is 10.6 Å². The summed E-state index contributed by atoms with van der Waals surface area (Å²) in [6, 6.07) is 12.0. The van der Waals surface area contributed by atoms with E-state index < -0.39 is 0 Å². The molecule has 0 bridgehead atoms. The number of pyridine rings is 1. The molecule has 1 atom stereocenters. The average Bonchev–Trinajstić information content (AvgIpc) is 2.53. The normalized spacial score (nSPS) is 15.7. The van der Waals surface area contributed by atoms with Crippen molar-refractivity contribution in [2.45, 2.75) is 12.5 Å². The van der Waals surface area contributed by atoms with Crippen LogP contribution in [0.3, 0.4) is 0 Å². The summed E-state index contributed by atoms with van der Waals surface area (Å²) in [5.41, 5.74) is 3.30. The van der Waals surface area contributed by atoms with Crippen molar-refractivity contribution in [3.63, 3.8) is 0 Å². The lowest BCUT2D eigenvalue weighted by Crippen LogP contribution is -2.38. The molecule has 0 spiro atoms. The van der Waals surface area contributed by atoms with Crippen molar-refractivity contribution in [1.29, 1.82) is 0 Å². The fourth-order valence-electron chi connectivity index (χ4n) is 2.58. The van der Waals surface area contributed by atoms with E-state index in [1.54, 1.807) is 24.5 Å². The van der Waals surface area contributed by atoms with Gasteiger partial charge in [-0.1, -0.05) is 24.3 Å². The van der Waals surface area contributed by atoms with Crippen molar-refractivity contribution in [2.75, 3.05) is 13.1 Å². The van der Waals surface area contributed by atoms with E-state index in [2.05, 4.69) is 33.8 Å². The minimum atomic E-state index is -0.0581. The number of carbonyl (C=O) groups is 1. The van der Waals surface area contributed by atoms with E-state index in [4.69, 9.17) is 0 Å². The zero-order chi connectivity index (χ0) is 13.8. The summed E-state index contributed by atoms with van der Waals surface area (Å²) >= 11 is 0. The van der Waals surface area contributed by atoms with Crippen molar-refractivity contribution in [3.05, 3.63) is 65.5 Å². The molecule has 3 rings (SSSR count). The van der Waals surface area contributed by atoms with E-state index in [1.165, 1.54) is 11.1 Å². The maximum atomic E-state index is 12.0. The Morgan fingerprint density at radius 3 is 2.68 bits per heavy atom. The van der Waals surface area contributed by atoms with E-state index >= 15 is 0 Å². The molecule has 1 aromatic heterocycles. The van der Waals surface area contributed by atoms with Crippen LogP contribution in [0.15, 0.2) is 48.8 Å². The monoisotopic (exact) mass is 339 g/mol. The Balaban J connectivity index is 0.00000121. The van der Waals surface area contributed by atoms with Crippen LogP contribution in [0, 0.1) is 0 Å². The van der Waals surface area contributed by atoms with Crippen LogP contribution >= 0.6 is 24.8 Å². The second-order valence-corrected chi connectivity index (χ2v) is 4.90. The highest BCUT2D eigenvalue weighted by molar-refractivity contribution is 5.94. The van der Waals surface area contributed by atoms with Crippen LogP contribution in [0.1, 0.15) is 27.5 Å². The van der Waals surface area contributed by atoms with Gasteiger partial charge in [0.05, 0.1) is 0 Å². The van der Waals surface area contributed by atoms with Gasteiger partial charge in [0.2, 0.25) is 0 Å². The maximum Gasteiger partial charge on any atom is 0.251 e. The molecule has 1 aliphatic heterocycles. The van der Waals surface area contributed by atoms with Crippen molar-refractivity contribution in [3.8, 4) is 0 Å². The maximum absolute atomic E-state index is 12.0. The number of rotatable bonds is 3. The summed E-state index contributed by atoms with van der Waals surface area (Å²) in [5.74, 6) is -0.0581. The molecule has 1 unspecified atom stereocenters. The number of carbonyl (C=O) groups excluding carboxylic acids is 1. The summed E-state index contributed by atoms with van der Waals surface area (Å²) in [4.78, 5) is 15.9. The van der Waals surface area contributed by atoms with Crippen LogP contribution in [0.25, 0.3) is 0 Å². The molecule has 118 valence electrons. The Hall–Kier alpha value is -1.62. The number of hydrogen-bond donors (Lipinski definition) is 2. The van der Waals surface area contributed by atoms with Gasteiger partial charge in [0.15, 0.2) is 0 Å². The largest absolute Gasteiger partial charge is 0.350 e. The summed E-state index contributed by atoms with van der Waals surface area (Å²) in [7, 11) is 0. The van der Waals surface area contributed by atoms with Crippen molar-refractivity contribution >= 4 is 30.7 Å². The van der Waals surface area contributed by atoms with Gasteiger partial charge in [0, 0.05) is 30.5 Å². The number of nitrogens with zero attached hydrogens (tertiary/aromatic N) is 1. The second kappa shape index (κ2) is 8.73. The van der Waals surface area contributed by atoms with Gasteiger partial charge in [0.1, 0.15) is 0 Å². The Morgan fingerprint density at radius 2 is 1.91 bits per heavy atom. The molecule has 22 heavy (non-hydrogen) atoms. The fraction of sp³-hybridized carbons (Fsp3) is 0.250. The predicted molar refractivity (Wildman–Crippen MR) is 92.0 cm³/mol. The molecule has 2 N–H and O–H groups in total. The van der Waals surface area contributed by atoms with Gasteiger partial charge in [-0.05, 0) is 36.2 Å². The first-order chi connectivity index (χ1) is 9.84. The van der Waals surface area contributed by atoms with E-state index in [9.17, 15) is 4.79 Å². The van der Waals surface area contributed by atoms with Crippen molar-refractivity contribution in [1.82, 2.24) is 15.6 Å². The molecule has 0 aliphatic carbocycles.